The molecule has 1 atom stereocenters. The fraction of sp³-hybridized carbons (Fsp3) is 0.440. The number of unbranched alkanes of at least 4 members (excludes halogenated alkanes) is 2. The first kappa shape index (κ1) is 24.8. The maximum atomic E-state index is 12.7. The largest absolute Gasteiger partial charge is 0.481 e. The molecule has 5 nitrogen and oxygen atoms in total. The molecule has 0 bridgehead atoms. The van der Waals surface area contributed by atoms with E-state index in [9.17, 15) is 14.7 Å². The molecule has 0 aliphatic heterocycles. The van der Waals surface area contributed by atoms with E-state index in [0.29, 0.717) is 19.5 Å². The highest BCUT2D eigenvalue weighted by Crippen LogP contribution is 2.32. The topological polar surface area (TPSA) is 69.6 Å². The summed E-state index contributed by atoms with van der Waals surface area (Å²) in [6, 6.07) is 15.7. The maximum absolute atomic E-state index is 12.7. The zero-order chi connectivity index (χ0) is 22.6. The molecule has 0 heterocycles. The summed E-state index contributed by atoms with van der Waals surface area (Å²) in [5.74, 6) is -1.26. The number of carboxylic acids is 1. The molecule has 0 aromatic heterocycles. The Hall–Kier alpha value is -2.47. The highest BCUT2D eigenvalue weighted by Gasteiger charge is 2.18. The molecular weight excluding hydrogens is 408 g/mol. The normalized spacial score (nSPS) is 11.7. The van der Waals surface area contributed by atoms with Crippen LogP contribution >= 0.6 is 11.8 Å². The molecule has 168 valence electrons. The summed E-state index contributed by atoms with van der Waals surface area (Å²) in [4.78, 5) is 28.0. The number of anilines is 1. The van der Waals surface area contributed by atoms with Crippen molar-refractivity contribution < 1.29 is 14.7 Å². The molecule has 0 saturated carbocycles. The summed E-state index contributed by atoms with van der Waals surface area (Å²) in [7, 11) is 0. The van der Waals surface area contributed by atoms with Gasteiger partial charge in [-0.25, -0.2) is 4.79 Å². The van der Waals surface area contributed by atoms with E-state index in [1.165, 1.54) is 0 Å². The van der Waals surface area contributed by atoms with Crippen LogP contribution in [-0.2, 0) is 4.79 Å². The quantitative estimate of drug-likeness (QED) is 0.367. The molecule has 0 saturated heterocycles. The Morgan fingerprint density at radius 1 is 1.00 bits per heavy atom. The van der Waals surface area contributed by atoms with E-state index in [2.05, 4.69) is 19.2 Å². The predicted octanol–water partition coefficient (Wildman–Crippen LogP) is 6.53. The van der Waals surface area contributed by atoms with Crippen LogP contribution in [-0.4, -0.2) is 30.2 Å². The van der Waals surface area contributed by atoms with E-state index in [1.54, 1.807) is 11.8 Å². The second kappa shape index (κ2) is 13.1. The van der Waals surface area contributed by atoms with Crippen LogP contribution in [0.25, 0.3) is 0 Å². The van der Waals surface area contributed by atoms with Crippen molar-refractivity contribution in [1.29, 1.82) is 0 Å². The molecule has 0 radical (unpaired) electrons. The van der Waals surface area contributed by atoms with Gasteiger partial charge in [-0.05, 0) is 55.2 Å². The molecule has 2 amide bonds. The first-order valence-electron chi connectivity index (χ1n) is 11.2. The van der Waals surface area contributed by atoms with Gasteiger partial charge in [-0.2, -0.15) is 0 Å². The Morgan fingerprint density at radius 2 is 1.71 bits per heavy atom. The summed E-state index contributed by atoms with van der Waals surface area (Å²) in [5.41, 5.74) is 1.71. The summed E-state index contributed by atoms with van der Waals surface area (Å²) >= 11 is 1.61. The molecular formula is C25H34N2O3S. The number of rotatable bonds is 12. The summed E-state index contributed by atoms with van der Waals surface area (Å²) in [6.45, 7) is 7.49. The van der Waals surface area contributed by atoms with Crippen molar-refractivity contribution in [3.63, 3.8) is 0 Å². The van der Waals surface area contributed by atoms with E-state index in [-0.39, 0.29) is 6.03 Å². The number of amides is 2. The van der Waals surface area contributed by atoms with Crippen LogP contribution in [0.2, 0.25) is 0 Å². The van der Waals surface area contributed by atoms with Crippen LogP contribution in [0.5, 0.6) is 0 Å². The first-order chi connectivity index (χ1) is 15.0. The lowest BCUT2D eigenvalue weighted by atomic mass is 9.97. The van der Waals surface area contributed by atoms with Crippen molar-refractivity contribution >= 4 is 29.4 Å². The standard InChI is InChI=1S/C25H34N2O3S/c1-4-7-16-26-25(30)27(17-8-5-2)20-10-9-11-22(18-20)31-21-14-12-19(13-15-21)23(6-3)24(28)29/h9-15,18,23H,4-8,16-17H2,1-3H3,(H,26,30)(H,28,29). The number of carboxylic acid groups (broad SMARTS) is 1. The smallest absolute Gasteiger partial charge is 0.321 e. The van der Waals surface area contributed by atoms with Gasteiger partial charge >= 0.3 is 12.0 Å². The predicted molar refractivity (Wildman–Crippen MR) is 128 cm³/mol. The van der Waals surface area contributed by atoms with Crippen LogP contribution in [0, 0.1) is 0 Å². The fourth-order valence-corrected chi connectivity index (χ4v) is 4.17. The molecule has 6 heteroatoms. The fourth-order valence-electron chi connectivity index (χ4n) is 3.30. The molecule has 0 spiro atoms. The Balaban J connectivity index is 2.14. The summed E-state index contributed by atoms with van der Waals surface area (Å²) < 4.78 is 0. The number of carbonyl (C=O) groups excluding carboxylic acids is 1. The van der Waals surface area contributed by atoms with Crippen molar-refractivity contribution in [3.8, 4) is 0 Å². The van der Waals surface area contributed by atoms with E-state index in [1.807, 2.05) is 60.4 Å². The molecule has 31 heavy (non-hydrogen) atoms. The van der Waals surface area contributed by atoms with Crippen LogP contribution in [0.1, 0.15) is 64.4 Å². The van der Waals surface area contributed by atoms with Crippen LogP contribution in [0.15, 0.2) is 58.3 Å². The first-order valence-corrected chi connectivity index (χ1v) is 12.0. The zero-order valence-corrected chi connectivity index (χ0v) is 19.6. The average Bonchev–Trinajstić information content (AvgIpc) is 2.76. The Morgan fingerprint density at radius 3 is 2.32 bits per heavy atom. The van der Waals surface area contributed by atoms with Gasteiger partial charge in [0.25, 0.3) is 0 Å². The number of nitrogens with zero attached hydrogens (tertiary/aromatic N) is 1. The third-order valence-electron chi connectivity index (χ3n) is 5.14. The molecule has 2 rings (SSSR count). The maximum Gasteiger partial charge on any atom is 0.321 e. The minimum absolute atomic E-state index is 0.0484. The lowest BCUT2D eigenvalue weighted by Crippen LogP contribution is -2.41. The number of aliphatic carboxylic acids is 1. The van der Waals surface area contributed by atoms with Gasteiger partial charge in [0, 0.05) is 28.6 Å². The van der Waals surface area contributed by atoms with Crippen molar-refractivity contribution in [3.05, 3.63) is 54.1 Å². The average molecular weight is 443 g/mol. The summed E-state index contributed by atoms with van der Waals surface area (Å²) in [6.07, 6.45) is 4.56. The van der Waals surface area contributed by atoms with Crippen LogP contribution in [0.4, 0.5) is 10.5 Å². The number of hydrogen-bond acceptors (Lipinski definition) is 3. The second-order valence-electron chi connectivity index (χ2n) is 7.56. The van der Waals surface area contributed by atoms with Gasteiger partial charge in [0.1, 0.15) is 0 Å². The van der Waals surface area contributed by atoms with Gasteiger partial charge in [-0.1, -0.05) is 63.6 Å². The third kappa shape index (κ3) is 7.62. The molecule has 0 fully saturated rings. The molecule has 1 unspecified atom stereocenters. The van der Waals surface area contributed by atoms with Crippen molar-refractivity contribution in [2.24, 2.45) is 0 Å². The second-order valence-corrected chi connectivity index (χ2v) is 8.71. The van der Waals surface area contributed by atoms with Gasteiger partial charge in [0.05, 0.1) is 5.92 Å². The Kier molecular flexibility index (Phi) is 10.4. The van der Waals surface area contributed by atoms with Gasteiger partial charge in [-0.15, -0.1) is 0 Å². The van der Waals surface area contributed by atoms with Gasteiger partial charge in [0.15, 0.2) is 0 Å². The van der Waals surface area contributed by atoms with Gasteiger partial charge in [-0.3, -0.25) is 9.69 Å². The van der Waals surface area contributed by atoms with E-state index < -0.39 is 11.9 Å². The highest BCUT2D eigenvalue weighted by molar-refractivity contribution is 7.99. The number of nitrogens with one attached hydrogen (secondary N) is 1. The Labute approximate surface area is 190 Å². The molecule has 0 aliphatic rings. The van der Waals surface area contributed by atoms with Crippen molar-refractivity contribution in [2.45, 2.75) is 68.6 Å². The number of carbonyl (C=O) groups is 2. The number of hydrogen-bond donors (Lipinski definition) is 2. The van der Waals surface area contributed by atoms with Gasteiger partial charge < -0.3 is 10.4 Å². The van der Waals surface area contributed by atoms with E-state index >= 15 is 0 Å². The zero-order valence-electron chi connectivity index (χ0n) is 18.8. The van der Waals surface area contributed by atoms with Crippen LogP contribution < -0.4 is 10.2 Å². The monoisotopic (exact) mass is 442 g/mol. The summed E-state index contributed by atoms with van der Waals surface area (Å²) in [5, 5.41) is 12.4. The van der Waals surface area contributed by atoms with E-state index in [4.69, 9.17) is 0 Å². The minimum Gasteiger partial charge on any atom is -0.481 e. The highest BCUT2D eigenvalue weighted by atomic mass is 32.2. The minimum atomic E-state index is -0.792. The van der Waals surface area contributed by atoms with E-state index in [0.717, 1.165) is 46.7 Å². The molecule has 2 aromatic rings. The lowest BCUT2D eigenvalue weighted by Gasteiger charge is -2.23. The number of urea groups is 1. The molecule has 2 N–H and O–H groups in total. The third-order valence-corrected chi connectivity index (χ3v) is 6.14. The number of benzene rings is 2. The van der Waals surface area contributed by atoms with Gasteiger partial charge in [0.2, 0.25) is 0 Å². The van der Waals surface area contributed by atoms with Crippen molar-refractivity contribution in [2.75, 3.05) is 18.0 Å². The molecule has 0 aliphatic carbocycles. The van der Waals surface area contributed by atoms with Crippen LogP contribution in [0.3, 0.4) is 0 Å². The lowest BCUT2D eigenvalue weighted by molar-refractivity contribution is -0.138. The Bertz CT molecular complexity index is 839. The molecule has 2 aromatic carbocycles. The SMILES string of the molecule is CCCCNC(=O)N(CCCC)c1cccc(Sc2ccc(C(CC)C(=O)O)cc2)c1. The van der Waals surface area contributed by atoms with Crippen molar-refractivity contribution in [1.82, 2.24) is 5.32 Å².